The van der Waals surface area contributed by atoms with Crippen molar-refractivity contribution in [1.82, 2.24) is 15.5 Å². The third-order valence-electron chi connectivity index (χ3n) is 3.44. The molecule has 1 heterocycles. The lowest BCUT2D eigenvalue weighted by molar-refractivity contribution is 0.161. The van der Waals surface area contributed by atoms with Crippen molar-refractivity contribution < 1.29 is 4.79 Å². The molecule has 0 aromatic carbocycles. The monoisotopic (exact) mass is 211 g/mol. The number of hydrogen-bond donors (Lipinski definition) is 2. The lowest BCUT2D eigenvalue weighted by atomic mass is 10.2. The predicted molar refractivity (Wildman–Crippen MR) is 59.8 cm³/mol. The van der Waals surface area contributed by atoms with Crippen molar-refractivity contribution in [2.24, 2.45) is 0 Å². The minimum atomic E-state index is 0.135. The fraction of sp³-hybridized carbons (Fsp3) is 0.909. The Kier molecular flexibility index (Phi) is 3.46. The number of piperazine rings is 1. The smallest absolute Gasteiger partial charge is 0.317 e. The second-order valence-corrected chi connectivity index (χ2v) is 4.68. The van der Waals surface area contributed by atoms with Crippen LogP contribution in [0.25, 0.3) is 0 Å². The van der Waals surface area contributed by atoms with E-state index in [0.29, 0.717) is 12.1 Å². The highest BCUT2D eigenvalue weighted by Gasteiger charge is 2.25. The average Bonchev–Trinajstić information content (AvgIpc) is 2.71. The van der Waals surface area contributed by atoms with Gasteiger partial charge in [0.05, 0.1) is 0 Å². The molecule has 2 rings (SSSR count). The van der Waals surface area contributed by atoms with Gasteiger partial charge in [0.25, 0.3) is 0 Å². The van der Waals surface area contributed by atoms with Gasteiger partial charge in [-0.05, 0) is 19.8 Å². The minimum Gasteiger partial charge on any atom is -0.335 e. The van der Waals surface area contributed by atoms with Crippen LogP contribution in [-0.2, 0) is 0 Å². The highest BCUT2D eigenvalue weighted by atomic mass is 16.2. The van der Waals surface area contributed by atoms with E-state index in [4.69, 9.17) is 0 Å². The third kappa shape index (κ3) is 2.62. The van der Waals surface area contributed by atoms with Crippen LogP contribution in [0, 0.1) is 0 Å². The normalized spacial score (nSPS) is 28.1. The van der Waals surface area contributed by atoms with E-state index in [1.807, 2.05) is 4.90 Å². The van der Waals surface area contributed by atoms with Gasteiger partial charge in [-0.2, -0.15) is 0 Å². The first-order chi connectivity index (χ1) is 7.27. The summed E-state index contributed by atoms with van der Waals surface area (Å²) in [6.07, 6.45) is 4.85. The second-order valence-electron chi connectivity index (χ2n) is 4.68. The maximum atomic E-state index is 12.0. The van der Waals surface area contributed by atoms with Gasteiger partial charge in [0.1, 0.15) is 0 Å². The van der Waals surface area contributed by atoms with Crippen LogP contribution in [0.5, 0.6) is 0 Å². The Bertz CT molecular complexity index is 226. The van der Waals surface area contributed by atoms with Crippen LogP contribution in [-0.4, -0.2) is 42.6 Å². The summed E-state index contributed by atoms with van der Waals surface area (Å²) in [5.41, 5.74) is 0. The highest BCUT2D eigenvalue weighted by Crippen LogP contribution is 2.18. The minimum absolute atomic E-state index is 0.135. The molecule has 15 heavy (non-hydrogen) atoms. The number of nitrogens with one attached hydrogen (secondary N) is 2. The summed E-state index contributed by atoms with van der Waals surface area (Å²) in [6.45, 7) is 4.76. The molecule has 0 bridgehead atoms. The molecule has 1 aliphatic carbocycles. The lowest BCUT2D eigenvalue weighted by Crippen LogP contribution is -2.56. The number of nitrogens with zero attached hydrogens (tertiary/aromatic N) is 1. The van der Waals surface area contributed by atoms with Crippen molar-refractivity contribution in [3.63, 3.8) is 0 Å². The molecule has 0 aromatic rings. The molecular weight excluding hydrogens is 190 g/mol. The molecule has 2 N–H and O–H groups in total. The topological polar surface area (TPSA) is 44.4 Å². The van der Waals surface area contributed by atoms with E-state index in [0.717, 1.165) is 32.5 Å². The molecule has 1 saturated heterocycles. The Morgan fingerprint density at radius 3 is 2.80 bits per heavy atom. The van der Waals surface area contributed by atoms with Crippen molar-refractivity contribution in [3.05, 3.63) is 0 Å². The molecule has 4 heteroatoms. The maximum Gasteiger partial charge on any atom is 0.317 e. The van der Waals surface area contributed by atoms with Crippen LogP contribution < -0.4 is 10.6 Å². The Morgan fingerprint density at radius 1 is 1.40 bits per heavy atom. The molecule has 2 amide bonds. The average molecular weight is 211 g/mol. The fourth-order valence-corrected chi connectivity index (χ4v) is 2.47. The summed E-state index contributed by atoms with van der Waals surface area (Å²) >= 11 is 0. The first kappa shape index (κ1) is 10.7. The van der Waals surface area contributed by atoms with Crippen molar-refractivity contribution in [1.29, 1.82) is 0 Å². The first-order valence-corrected chi connectivity index (χ1v) is 6.05. The molecule has 0 spiro atoms. The Labute approximate surface area is 91.4 Å². The van der Waals surface area contributed by atoms with Gasteiger partial charge in [-0.25, -0.2) is 4.79 Å². The zero-order valence-corrected chi connectivity index (χ0v) is 9.46. The van der Waals surface area contributed by atoms with Crippen molar-refractivity contribution in [2.75, 3.05) is 19.6 Å². The van der Waals surface area contributed by atoms with Crippen LogP contribution in [0.4, 0.5) is 4.79 Å². The zero-order chi connectivity index (χ0) is 10.7. The van der Waals surface area contributed by atoms with Crippen LogP contribution >= 0.6 is 0 Å². The summed E-state index contributed by atoms with van der Waals surface area (Å²) in [5.74, 6) is 0. The number of carbonyl (C=O) groups excluding carboxylic acids is 1. The second kappa shape index (κ2) is 4.84. The maximum absolute atomic E-state index is 12.0. The standard InChI is InChI=1S/C11H21N3O/c1-9-8-12-6-7-14(9)11(15)13-10-4-2-3-5-10/h9-10,12H,2-8H2,1H3,(H,13,15)/t9-/m0/s1. The largest absolute Gasteiger partial charge is 0.335 e. The SMILES string of the molecule is C[C@H]1CNCCN1C(=O)NC1CCCC1. The molecule has 1 saturated carbocycles. The van der Waals surface area contributed by atoms with Crippen molar-refractivity contribution >= 4 is 6.03 Å². The van der Waals surface area contributed by atoms with Gasteiger partial charge < -0.3 is 15.5 Å². The van der Waals surface area contributed by atoms with Gasteiger partial charge in [-0.15, -0.1) is 0 Å². The molecular formula is C11H21N3O. The Hall–Kier alpha value is -0.770. The summed E-state index contributed by atoms with van der Waals surface area (Å²) < 4.78 is 0. The fourth-order valence-electron chi connectivity index (χ4n) is 2.47. The summed E-state index contributed by atoms with van der Waals surface area (Å²) in [5, 5.41) is 6.43. The molecule has 2 fully saturated rings. The van der Waals surface area contributed by atoms with Crippen LogP contribution in [0.3, 0.4) is 0 Å². The van der Waals surface area contributed by atoms with E-state index in [-0.39, 0.29) is 6.03 Å². The summed E-state index contributed by atoms with van der Waals surface area (Å²) in [4.78, 5) is 13.9. The highest BCUT2D eigenvalue weighted by molar-refractivity contribution is 5.75. The molecule has 1 atom stereocenters. The summed E-state index contributed by atoms with van der Waals surface area (Å²) in [6, 6.07) is 0.885. The van der Waals surface area contributed by atoms with Crippen LogP contribution in [0.15, 0.2) is 0 Å². The molecule has 86 valence electrons. The van der Waals surface area contributed by atoms with E-state index in [1.165, 1.54) is 12.8 Å². The van der Waals surface area contributed by atoms with Gasteiger partial charge in [0.15, 0.2) is 0 Å². The number of urea groups is 1. The van der Waals surface area contributed by atoms with Gasteiger partial charge in [0, 0.05) is 31.7 Å². The summed E-state index contributed by atoms with van der Waals surface area (Å²) in [7, 11) is 0. The van der Waals surface area contributed by atoms with Gasteiger partial charge in [0.2, 0.25) is 0 Å². The number of amides is 2. The number of rotatable bonds is 1. The quantitative estimate of drug-likeness (QED) is 0.678. The molecule has 0 radical (unpaired) electrons. The predicted octanol–water partition coefficient (Wildman–Crippen LogP) is 0.932. The Balaban J connectivity index is 1.83. The van der Waals surface area contributed by atoms with Crippen LogP contribution in [0.2, 0.25) is 0 Å². The van der Waals surface area contributed by atoms with Gasteiger partial charge in [-0.3, -0.25) is 0 Å². The van der Waals surface area contributed by atoms with Gasteiger partial charge >= 0.3 is 6.03 Å². The molecule has 4 nitrogen and oxygen atoms in total. The molecule has 2 aliphatic rings. The van der Waals surface area contributed by atoms with Crippen molar-refractivity contribution in [3.8, 4) is 0 Å². The van der Waals surface area contributed by atoms with Crippen LogP contribution in [0.1, 0.15) is 32.6 Å². The van der Waals surface area contributed by atoms with E-state index in [2.05, 4.69) is 17.6 Å². The molecule has 0 unspecified atom stereocenters. The van der Waals surface area contributed by atoms with Crippen molar-refractivity contribution in [2.45, 2.75) is 44.7 Å². The van der Waals surface area contributed by atoms with E-state index >= 15 is 0 Å². The first-order valence-electron chi connectivity index (χ1n) is 6.05. The molecule has 0 aromatic heterocycles. The Morgan fingerprint density at radius 2 is 2.13 bits per heavy atom. The number of hydrogen-bond acceptors (Lipinski definition) is 2. The zero-order valence-electron chi connectivity index (χ0n) is 9.46. The van der Waals surface area contributed by atoms with Gasteiger partial charge in [-0.1, -0.05) is 12.8 Å². The van der Waals surface area contributed by atoms with E-state index < -0.39 is 0 Å². The number of carbonyl (C=O) groups is 1. The van der Waals surface area contributed by atoms with E-state index in [9.17, 15) is 4.79 Å². The van der Waals surface area contributed by atoms with E-state index in [1.54, 1.807) is 0 Å². The third-order valence-corrected chi connectivity index (χ3v) is 3.44. The molecule has 1 aliphatic heterocycles. The lowest BCUT2D eigenvalue weighted by Gasteiger charge is -2.34.